The average Bonchev–Trinajstić information content (AvgIpc) is 2.81. The van der Waals surface area contributed by atoms with E-state index in [1.54, 1.807) is 31.8 Å². The Balaban J connectivity index is 2.08. The standard InChI is InChI=1S/C10H13N5O/c1-16-9-3-2-8(11)10(15-9)13-5-7-4-12-6-14-7/h2-4,6H,5,11H2,1H3,(H,12,14)(H,13,15). The van der Waals surface area contributed by atoms with Crippen molar-refractivity contribution in [2.75, 3.05) is 18.2 Å². The number of aromatic nitrogens is 3. The Bertz CT molecular complexity index is 454. The average molecular weight is 219 g/mol. The zero-order valence-corrected chi connectivity index (χ0v) is 8.90. The van der Waals surface area contributed by atoms with Crippen molar-refractivity contribution in [1.29, 1.82) is 0 Å². The van der Waals surface area contributed by atoms with Crippen LogP contribution >= 0.6 is 0 Å². The summed E-state index contributed by atoms with van der Waals surface area (Å²) < 4.78 is 5.02. The van der Waals surface area contributed by atoms with Gasteiger partial charge in [0.15, 0.2) is 5.82 Å². The third-order valence-electron chi connectivity index (χ3n) is 2.11. The van der Waals surface area contributed by atoms with Gasteiger partial charge in [-0.2, -0.15) is 4.98 Å². The molecule has 16 heavy (non-hydrogen) atoms. The van der Waals surface area contributed by atoms with Crippen LogP contribution in [0.25, 0.3) is 0 Å². The van der Waals surface area contributed by atoms with Crippen LogP contribution in [0.4, 0.5) is 11.5 Å². The van der Waals surface area contributed by atoms with Crippen molar-refractivity contribution in [3.05, 3.63) is 30.4 Å². The van der Waals surface area contributed by atoms with Crippen molar-refractivity contribution < 1.29 is 4.74 Å². The smallest absolute Gasteiger partial charge is 0.215 e. The van der Waals surface area contributed by atoms with E-state index in [0.717, 1.165) is 5.69 Å². The summed E-state index contributed by atoms with van der Waals surface area (Å²) in [5.74, 6) is 1.13. The zero-order valence-electron chi connectivity index (χ0n) is 8.90. The SMILES string of the molecule is COc1ccc(N)c(NCc2cnc[nH]2)n1. The second-order valence-electron chi connectivity index (χ2n) is 3.22. The molecule has 0 amide bonds. The molecule has 0 atom stereocenters. The van der Waals surface area contributed by atoms with Crippen LogP contribution in [-0.4, -0.2) is 22.1 Å². The lowest BCUT2D eigenvalue weighted by Gasteiger charge is -2.08. The quantitative estimate of drug-likeness (QED) is 0.714. The van der Waals surface area contributed by atoms with Crippen LogP contribution in [0.15, 0.2) is 24.7 Å². The number of imidazole rings is 1. The predicted molar refractivity (Wildman–Crippen MR) is 61.1 cm³/mol. The first kappa shape index (κ1) is 10.3. The van der Waals surface area contributed by atoms with Gasteiger partial charge in [-0.05, 0) is 6.07 Å². The van der Waals surface area contributed by atoms with E-state index in [9.17, 15) is 0 Å². The van der Waals surface area contributed by atoms with E-state index < -0.39 is 0 Å². The molecule has 2 aromatic heterocycles. The molecule has 0 fully saturated rings. The molecule has 0 aliphatic rings. The number of nitrogen functional groups attached to an aromatic ring is 1. The van der Waals surface area contributed by atoms with Gasteiger partial charge in [0.25, 0.3) is 0 Å². The molecule has 0 unspecified atom stereocenters. The van der Waals surface area contributed by atoms with E-state index >= 15 is 0 Å². The summed E-state index contributed by atoms with van der Waals surface area (Å²) in [5.41, 5.74) is 7.32. The van der Waals surface area contributed by atoms with Gasteiger partial charge in [0, 0.05) is 12.3 Å². The van der Waals surface area contributed by atoms with Gasteiger partial charge in [-0.15, -0.1) is 0 Å². The van der Waals surface area contributed by atoms with Gasteiger partial charge in [-0.3, -0.25) is 0 Å². The number of anilines is 2. The van der Waals surface area contributed by atoms with Crippen LogP contribution in [0.3, 0.4) is 0 Å². The summed E-state index contributed by atoms with van der Waals surface area (Å²) in [7, 11) is 1.57. The molecule has 0 bridgehead atoms. The van der Waals surface area contributed by atoms with Crippen molar-refractivity contribution in [3.63, 3.8) is 0 Å². The molecule has 0 spiro atoms. The lowest BCUT2D eigenvalue weighted by molar-refractivity contribution is 0.398. The van der Waals surface area contributed by atoms with E-state index in [0.29, 0.717) is 23.9 Å². The van der Waals surface area contributed by atoms with E-state index in [-0.39, 0.29) is 0 Å². The van der Waals surface area contributed by atoms with Crippen molar-refractivity contribution >= 4 is 11.5 Å². The fourth-order valence-electron chi connectivity index (χ4n) is 1.27. The third kappa shape index (κ3) is 2.22. The number of nitrogens with one attached hydrogen (secondary N) is 2. The molecule has 6 heteroatoms. The van der Waals surface area contributed by atoms with Crippen molar-refractivity contribution in [2.24, 2.45) is 0 Å². The monoisotopic (exact) mass is 219 g/mol. The number of ether oxygens (including phenoxy) is 1. The van der Waals surface area contributed by atoms with Crippen molar-refractivity contribution in [2.45, 2.75) is 6.54 Å². The number of aromatic amines is 1. The topological polar surface area (TPSA) is 88.9 Å². The number of hydrogen-bond acceptors (Lipinski definition) is 5. The highest BCUT2D eigenvalue weighted by Crippen LogP contribution is 2.19. The Morgan fingerprint density at radius 3 is 3.06 bits per heavy atom. The summed E-state index contributed by atoms with van der Waals surface area (Å²) >= 11 is 0. The summed E-state index contributed by atoms with van der Waals surface area (Å²) in [6, 6.07) is 3.47. The first-order valence-electron chi connectivity index (χ1n) is 4.81. The number of nitrogens with zero attached hydrogens (tertiary/aromatic N) is 2. The molecular weight excluding hydrogens is 206 g/mol. The maximum absolute atomic E-state index is 5.78. The Labute approximate surface area is 92.9 Å². The first-order valence-corrected chi connectivity index (χ1v) is 4.81. The maximum Gasteiger partial charge on any atom is 0.215 e. The van der Waals surface area contributed by atoms with E-state index in [4.69, 9.17) is 10.5 Å². The summed E-state index contributed by atoms with van der Waals surface area (Å²) in [6.07, 6.45) is 3.36. The van der Waals surface area contributed by atoms with Crippen LogP contribution in [0.5, 0.6) is 5.88 Å². The maximum atomic E-state index is 5.78. The first-order chi connectivity index (χ1) is 7.79. The molecule has 4 N–H and O–H groups in total. The normalized spacial score (nSPS) is 10.1. The third-order valence-corrected chi connectivity index (χ3v) is 2.11. The molecule has 0 aromatic carbocycles. The van der Waals surface area contributed by atoms with Crippen LogP contribution in [0.2, 0.25) is 0 Å². The van der Waals surface area contributed by atoms with E-state index in [1.165, 1.54) is 0 Å². The molecule has 2 rings (SSSR count). The highest BCUT2D eigenvalue weighted by molar-refractivity contribution is 5.61. The number of methoxy groups -OCH3 is 1. The van der Waals surface area contributed by atoms with Gasteiger partial charge in [0.1, 0.15) is 0 Å². The van der Waals surface area contributed by atoms with Gasteiger partial charge in [-0.1, -0.05) is 0 Å². The number of H-pyrrole nitrogens is 1. The van der Waals surface area contributed by atoms with E-state index in [2.05, 4.69) is 20.3 Å². The highest BCUT2D eigenvalue weighted by Gasteiger charge is 2.03. The summed E-state index contributed by atoms with van der Waals surface area (Å²) in [6.45, 7) is 0.588. The molecule has 0 aliphatic carbocycles. The summed E-state index contributed by atoms with van der Waals surface area (Å²) in [5, 5.41) is 3.10. The lowest BCUT2D eigenvalue weighted by Crippen LogP contribution is -2.05. The number of rotatable bonds is 4. The second-order valence-corrected chi connectivity index (χ2v) is 3.22. The summed E-state index contributed by atoms with van der Waals surface area (Å²) in [4.78, 5) is 11.1. The molecule has 0 radical (unpaired) electrons. The minimum atomic E-state index is 0.529. The molecule has 2 aromatic rings. The Morgan fingerprint density at radius 2 is 2.38 bits per heavy atom. The Morgan fingerprint density at radius 1 is 1.50 bits per heavy atom. The van der Waals surface area contributed by atoms with Crippen LogP contribution < -0.4 is 15.8 Å². The molecular formula is C10H13N5O. The molecule has 2 heterocycles. The highest BCUT2D eigenvalue weighted by atomic mass is 16.5. The van der Waals surface area contributed by atoms with Crippen molar-refractivity contribution in [1.82, 2.24) is 15.0 Å². The number of nitrogens with two attached hydrogens (primary N) is 1. The molecule has 0 aliphatic heterocycles. The van der Waals surface area contributed by atoms with Gasteiger partial charge in [0.2, 0.25) is 5.88 Å². The molecule has 6 nitrogen and oxygen atoms in total. The minimum Gasteiger partial charge on any atom is -0.481 e. The fraction of sp³-hybridized carbons (Fsp3) is 0.200. The van der Waals surface area contributed by atoms with E-state index in [1.807, 2.05) is 0 Å². The zero-order chi connectivity index (χ0) is 11.4. The molecule has 0 saturated heterocycles. The Kier molecular flexibility index (Phi) is 2.90. The van der Waals surface area contributed by atoms with Crippen LogP contribution in [0.1, 0.15) is 5.69 Å². The molecule has 84 valence electrons. The van der Waals surface area contributed by atoms with Crippen LogP contribution in [-0.2, 0) is 6.54 Å². The predicted octanol–water partition coefficient (Wildman–Crippen LogP) is 1.01. The van der Waals surface area contributed by atoms with Gasteiger partial charge >= 0.3 is 0 Å². The number of hydrogen-bond donors (Lipinski definition) is 3. The van der Waals surface area contributed by atoms with Crippen LogP contribution in [0, 0.1) is 0 Å². The second kappa shape index (κ2) is 4.52. The molecule has 0 saturated carbocycles. The lowest BCUT2D eigenvalue weighted by atomic mass is 10.3. The van der Waals surface area contributed by atoms with Gasteiger partial charge in [-0.25, -0.2) is 4.98 Å². The largest absolute Gasteiger partial charge is 0.481 e. The van der Waals surface area contributed by atoms with Crippen molar-refractivity contribution in [3.8, 4) is 5.88 Å². The van der Waals surface area contributed by atoms with Gasteiger partial charge < -0.3 is 20.8 Å². The van der Waals surface area contributed by atoms with Gasteiger partial charge in [0.05, 0.1) is 31.4 Å². The Hall–Kier alpha value is -2.24. The fourth-order valence-corrected chi connectivity index (χ4v) is 1.27. The minimum absolute atomic E-state index is 0.529. The number of pyridine rings is 1.